The molecule has 94 valence electrons. The molecule has 0 saturated heterocycles. The van der Waals surface area contributed by atoms with E-state index in [0.717, 1.165) is 0 Å². The molecule has 0 radical (unpaired) electrons. The van der Waals surface area contributed by atoms with E-state index in [1.54, 1.807) is 16.8 Å². The minimum Gasteiger partial charge on any atom is -0.349 e. The number of nitrogens with zero attached hydrogens (tertiary/aromatic N) is 5. The summed E-state index contributed by atoms with van der Waals surface area (Å²) in [5.41, 5.74) is 0. The monoisotopic (exact) mass is 257 g/mol. The summed E-state index contributed by atoms with van der Waals surface area (Å²) in [6.45, 7) is 5.55. The van der Waals surface area contributed by atoms with Gasteiger partial charge in [-0.05, 0) is 25.4 Å². The fraction of sp³-hybridized carbons (Fsp3) is 0.600. The van der Waals surface area contributed by atoms with Crippen LogP contribution in [0.15, 0.2) is 6.20 Å². The number of anilines is 1. The van der Waals surface area contributed by atoms with Crippen molar-refractivity contribution in [3.8, 4) is 0 Å². The second-order valence-corrected chi connectivity index (χ2v) is 3.84. The molecule has 0 aliphatic heterocycles. The number of aromatic nitrogens is 3. The predicted octanol–water partition coefficient (Wildman–Crippen LogP) is 0.830. The second-order valence-electron chi connectivity index (χ2n) is 3.51. The molecule has 7 heteroatoms. The number of rotatable bonds is 5. The number of amides is 1. The number of likely N-dealkylation sites (N-methyl/N-ethyl adjacent to an activating group) is 2. The fourth-order valence-corrected chi connectivity index (χ4v) is 1.55. The molecule has 0 bridgehead atoms. The molecule has 6 nitrogen and oxygen atoms in total. The average Bonchev–Trinajstić information content (AvgIpc) is 2.30. The average molecular weight is 258 g/mol. The van der Waals surface area contributed by atoms with E-state index >= 15 is 0 Å². The highest BCUT2D eigenvalue weighted by Crippen LogP contribution is 2.08. The van der Waals surface area contributed by atoms with Gasteiger partial charge in [0.05, 0.1) is 12.7 Å². The normalized spacial score (nSPS) is 10.1. The lowest BCUT2D eigenvalue weighted by molar-refractivity contribution is -0.129. The molecule has 1 heterocycles. The Balaban J connectivity index is 2.66. The quantitative estimate of drug-likeness (QED) is 0.782. The first-order chi connectivity index (χ1) is 8.08. The molecular formula is C10H16ClN5O. The van der Waals surface area contributed by atoms with Crippen LogP contribution in [0.2, 0.25) is 5.28 Å². The second kappa shape index (κ2) is 6.34. The minimum absolute atomic E-state index is 0.0484. The fourth-order valence-electron chi connectivity index (χ4n) is 1.42. The van der Waals surface area contributed by atoms with E-state index < -0.39 is 0 Å². The maximum Gasteiger partial charge on any atom is 0.244 e. The van der Waals surface area contributed by atoms with Crippen LogP contribution in [0.5, 0.6) is 0 Å². The first-order valence-corrected chi connectivity index (χ1v) is 5.80. The predicted molar refractivity (Wildman–Crippen MR) is 66.0 cm³/mol. The van der Waals surface area contributed by atoms with Gasteiger partial charge in [-0.3, -0.25) is 4.79 Å². The van der Waals surface area contributed by atoms with Gasteiger partial charge in [0.1, 0.15) is 0 Å². The summed E-state index contributed by atoms with van der Waals surface area (Å²) in [4.78, 5) is 19.3. The van der Waals surface area contributed by atoms with Gasteiger partial charge < -0.3 is 9.80 Å². The van der Waals surface area contributed by atoms with E-state index in [4.69, 9.17) is 11.6 Å². The summed E-state index contributed by atoms with van der Waals surface area (Å²) in [7, 11) is 1.77. The molecule has 0 unspecified atom stereocenters. The lowest BCUT2D eigenvalue weighted by atomic mass is 10.4. The molecule has 0 atom stereocenters. The Hall–Kier alpha value is -1.43. The molecule has 1 amide bonds. The van der Waals surface area contributed by atoms with E-state index in [2.05, 4.69) is 15.2 Å². The van der Waals surface area contributed by atoms with Crippen LogP contribution in [-0.2, 0) is 4.79 Å². The van der Waals surface area contributed by atoms with Crippen molar-refractivity contribution in [3.05, 3.63) is 11.5 Å². The van der Waals surface area contributed by atoms with E-state index in [1.807, 2.05) is 13.8 Å². The van der Waals surface area contributed by atoms with Crippen LogP contribution >= 0.6 is 11.6 Å². The van der Waals surface area contributed by atoms with Crippen LogP contribution in [0.25, 0.3) is 0 Å². The number of carbonyl (C=O) groups is 1. The third kappa shape index (κ3) is 3.81. The SMILES string of the molecule is CCN(CC)C(=O)CN(C)c1cnnc(Cl)n1. The molecule has 1 aromatic rings. The smallest absolute Gasteiger partial charge is 0.244 e. The van der Waals surface area contributed by atoms with Crippen LogP contribution in [0.1, 0.15) is 13.8 Å². The highest BCUT2D eigenvalue weighted by molar-refractivity contribution is 6.28. The zero-order chi connectivity index (χ0) is 12.8. The van der Waals surface area contributed by atoms with Gasteiger partial charge in [-0.25, -0.2) is 0 Å². The minimum atomic E-state index is 0.0484. The summed E-state index contributed by atoms with van der Waals surface area (Å²) < 4.78 is 0. The molecule has 17 heavy (non-hydrogen) atoms. The molecule has 0 aromatic carbocycles. The first-order valence-electron chi connectivity index (χ1n) is 5.42. The zero-order valence-corrected chi connectivity index (χ0v) is 11.0. The third-order valence-corrected chi connectivity index (χ3v) is 2.56. The Kier molecular flexibility index (Phi) is 5.09. The van der Waals surface area contributed by atoms with Crippen LogP contribution in [0.4, 0.5) is 5.82 Å². The number of hydrogen-bond donors (Lipinski definition) is 0. The Labute approximate surface area is 106 Å². The highest BCUT2D eigenvalue weighted by atomic mass is 35.5. The molecule has 1 aromatic heterocycles. The van der Waals surface area contributed by atoms with Gasteiger partial charge in [-0.2, -0.15) is 10.1 Å². The largest absolute Gasteiger partial charge is 0.349 e. The van der Waals surface area contributed by atoms with Gasteiger partial charge in [0.25, 0.3) is 0 Å². The summed E-state index contributed by atoms with van der Waals surface area (Å²) >= 11 is 5.64. The Morgan fingerprint density at radius 2 is 2.06 bits per heavy atom. The van der Waals surface area contributed by atoms with Gasteiger partial charge in [-0.1, -0.05) is 0 Å². The summed E-state index contributed by atoms with van der Waals surface area (Å²) in [6, 6.07) is 0. The van der Waals surface area contributed by atoms with Crippen molar-refractivity contribution in [1.29, 1.82) is 0 Å². The highest BCUT2D eigenvalue weighted by Gasteiger charge is 2.14. The van der Waals surface area contributed by atoms with E-state index in [-0.39, 0.29) is 17.7 Å². The van der Waals surface area contributed by atoms with Crippen molar-refractivity contribution in [2.45, 2.75) is 13.8 Å². The molecular weight excluding hydrogens is 242 g/mol. The summed E-state index contributed by atoms with van der Waals surface area (Å²) in [6.07, 6.45) is 1.47. The molecule has 0 aliphatic rings. The maximum atomic E-state index is 11.9. The molecule has 1 rings (SSSR count). The maximum absolute atomic E-state index is 11.9. The molecule has 0 aliphatic carbocycles. The molecule has 0 spiro atoms. The lowest BCUT2D eigenvalue weighted by Gasteiger charge is -2.23. The number of hydrogen-bond acceptors (Lipinski definition) is 5. The van der Waals surface area contributed by atoms with Crippen molar-refractivity contribution < 1.29 is 4.79 Å². The van der Waals surface area contributed by atoms with Crippen molar-refractivity contribution in [1.82, 2.24) is 20.1 Å². The van der Waals surface area contributed by atoms with Gasteiger partial charge in [0.15, 0.2) is 5.82 Å². The van der Waals surface area contributed by atoms with Crippen LogP contribution < -0.4 is 4.90 Å². The van der Waals surface area contributed by atoms with E-state index in [0.29, 0.717) is 18.9 Å². The molecule has 0 fully saturated rings. The Morgan fingerprint density at radius 1 is 1.41 bits per heavy atom. The van der Waals surface area contributed by atoms with Crippen molar-refractivity contribution in [2.24, 2.45) is 0 Å². The van der Waals surface area contributed by atoms with E-state index in [1.165, 1.54) is 6.20 Å². The van der Waals surface area contributed by atoms with Crippen molar-refractivity contribution in [2.75, 3.05) is 31.6 Å². The lowest BCUT2D eigenvalue weighted by Crippen LogP contribution is -2.39. The van der Waals surface area contributed by atoms with Gasteiger partial charge in [0.2, 0.25) is 11.2 Å². The molecule has 0 N–H and O–H groups in total. The number of carbonyl (C=O) groups excluding carboxylic acids is 1. The topological polar surface area (TPSA) is 62.2 Å². The molecule has 0 saturated carbocycles. The van der Waals surface area contributed by atoms with Gasteiger partial charge >= 0.3 is 0 Å². The van der Waals surface area contributed by atoms with Crippen molar-refractivity contribution >= 4 is 23.3 Å². The standard InChI is InChI=1S/C10H16ClN5O/c1-4-16(5-2)9(17)7-15(3)8-6-12-14-10(11)13-8/h6H,4-5,7H2,1-3H3. The first kappa shape index (κ1) is 13.6. The van der Waals surface area contributed by atoms with Crippen LogP contribution in [0.3, 0.4) is 0 Å². The Morgan fingerprint density at radius 3 is 2.59 bits per heavy atom. The van der Waals surface area contributed by atoms with Gasteiger partial charge in [-0.15, -0.1) is 5.10 Å². The Bertz CT molecular complexity index is 383. The van der Waals surface area contributed by atoms with Crippen molar-refractivity contribution in [3.63, 3.8) is 0 Å². The number of halogens is 1. The van der Waals surface area contributed by atoms with Crippen LogP contribution in [0, 0.1) is 0 Å². The zero-order valence-electron chi connectivity index (χ0n) is 10.2. The van der Waals surface area contributed by atoms with Gasteiger partial charge in [0, 0.05) is 20.1 Å². The third-order valence-electron chi connectivity index (χ3n) is 2.40. The van der Waals surface area contributed by atoms with E-state index in [9.17, 15) is 4.79 Å². The summed E-state index contributed by atoms with van der Waals surface area (Å²) in [5, 5.41) is 7.31. The van der Waals surface area contributed by atoms with Crippen LogP contribution in [-0.4, -0.2) is 52.7 Å². The summed E-state index contributed by atoms with van der Waals surface area (Å²) in [5.74, 6) is 0.581.